The van der Waals surface area contributed by atoms with Gasteiger partial charge in [0.2, 0.25) is 0 Å². The van der Waals surface area contributed by atoms with Gasteiger partial charge in [0.15, 0.2) is 0 Å². The van der Waals surface area contributed by atoms with E-state index in [0.29, 0.717) is 29.1 Å². The van der Waals surface area contributed by atoms with Crippen LogP contribution in [-0.4, -0.2) is 52.0 Å². The SMILES string of the molecule is O=C(O)C(=O)Nc1sc2c(c1C(=O)O)CCN[C@H]2CNC(=O)c1cc2ccccc2[nH]1. The van der Waals surface area contributed by atoms with Crippen LogP contribution < -0.4 is 16.0 Å². The third-order valence-electron chi connectivity index (χ3n) is 5.00. The summed E-state index contributed by atoms with van der Waals surface area (Å²) in [5.41, 5.74) is 1.67. The summed E-state index contributed by atoms with van der Waals surface area (Å²) in [6.07, 6.45) is 0.406. The molecule has 2 amide bonds. The van der Waals surface area contributed by atoms with Crippen molar-refractivity contribution in [3.05, 3.63) is 52.0 Å². The van der Waals surface area contributed by atoms with Crippen LogP contribution in [0.1, 0.15) is 37.3 Å². The number of para-hydroxylation sites is 1. The number of H-pyrrole nitrogens is 1. The summed E-state index contributed by atoms with van der Waals surface area (Å²) in [4.78, 5) is 50.4. The number of benzene rings is 1. The van der Waals surface area contributed by atoms with E-state index in [0.717, 1.165) is 22.2 Å². The molecule has 10 nitrogen and oxygen atoms in total. The number of rotatable bonds is 5. The minimum atomic E-state index is -1.71. The Hall–Kier alpha value is -3.70. The van der Waals surface area contributed by atoms with Crippen LogP contribution in [0.2, 0.25) is 0 Å². The minimum Gasteiger partial charge on any atom is -0.478 e. The molecule has 0 saturated heterocycles. The molecule has 31 heavy (non-hydrogen) atoms. The van der Waals surface area contributed by atoms with Gasteiger partial charge in [-0.15, -0.1) is 11.3 Å². The Morgan fingerprint density at radius 1 is 1.16 bits per heavy atom. The number of aromatic nitrogens is 1. The Balaban J connectivity index is 1.54. The minimum absolute atomic E-state index is 0.0273. The Kier molecular flexibility index (Phi) is 5.44. The van der Waals surface area contributed by atoms with Crippen molar-refractivity contribution >= 4 is 51.0 Å². The Bertz CT molecular complexity index is 1180. The summed E-state index contributed by atoms with van der Waals surface area (Å²) in [5.74, 6) is -4.57. The third-order valence-corrected chi connectivity index (χ3v) is 6.26. The molecule has 2 aromatic heterocycles. The predicted octanol–water partition coefficient (Wildman–Crippen LogP) is 1.57. The Morgan fingerprint density at radius 2 is 1.94 bits per heavy atom. The number of carboxylic acids is 2. The van der Waals surface area contributed by atoms with Crippen molar-refractivity contribution in [1.29, 1.82) is 0 Å². The fourth-order valence-corrected chi connectivity index (χ4v) is 4.91. The zero-order valence-corrected chi connectivity index (χ0v) is 16.8. The number of thiophene rings is 1. The lowest BCUT2D eigenvalue weighted by Crippen LogP contribution is -2.38. The fraction of sp³-hybridized carbons (Fsp3) is 0.200. The molecule has 0 unspecified atom stereocenters. The van der Waals surface area contributed by atoms with Crippen LogP contribution >= 0.6 is 11.3 Å². The van der Waals surface area contributed by atoms with E-state index in [1.54, 1.807) is 6.07 Å². The van der Waals surface area contributed by atoms with E-state index in [1.165, 1.54) is 0 Å². The first-order valence-electron chi connectivity index (χ1n) is 9.37. The number of aromatic amines is 1. The van der Waals surface area contributed by atoms with Crippen molar-refractivity contribution in [3.8, 4) is 0 Å². The first kappa shape index (κ1) is 20.6. The van der Waals surface area contributed by atoms with E-state index in [9.17, 15) is 24.3 Å². The molecule has 4 rings (SSSR count). The molecule has 0 fully saturated rings. The van der Waals surface area contributed by atoms with Crippen molar-refractivity contribution in [2.75, 3.05) is 18.4 Å². The van der Waals surface area contributed by atoms with Crippen molar-refractivity contribution in [2.24, 2.45) is 0 Å². The third kappa shape index (κ3) is 4.00. The molecule has 0 spiro atoms. The van der Waals surface area contributed by atoms with Crippen LogP contribution in [0.25, 0.3) is 10.9 Å². The summed E-state index contributed by atoms with van der Waals surface area (Å²) in [6.45, 7) is 0.663. The van der Waals surface area contributed by atoms with Crippen LogP contribution in [0.5, 0.6) is 0 Å². The average molecular weight is 442 g/mol. The lowest BCUT2D eigenvalue weighted by molar-refractivity contribution is -0.147. The maximum Gasteiger partial charge on any atom is 0.394 e. The van der Waals surface area contributed by atoms with E-state index in [1.807, 2.05) is 24.3 Å². The molecule has 3 aromatic rings. The maximum absolute atomic E-state index is 12.6. The van der Waals surface area contributed by atoms with Gasteiger partial charge in [-0.3, -0.25) is 9.59 Å². The van der Waals surface area contributed by atoms with Crippen LogP contribution in [0.3, 0.4) is 0 Å². The molecule has 3 heterocycles. The quantitative estimate of drug-likeness (QED) is 0.327. The van der Waals surface area contributed by atoms with E-state index in [4.69, 9.17) is 5.11 Å². The zero-order valence-electron chi connectivity index (χ0n) is 16.0. The van der Waals surface area contributed by atoms with Gasteiger partial charge in [-0.2, -0.15) is 0 Å². The highest BCUT2D eigenvalue weighted by molar-refractivity contribution is 7.17. The number of amides is 2. The first-order chi connectivity index (χ1) is 14.8. The average Bonchev–Trinajstić information content (AvgIpc) is 3.33. The van der Waals surface area contributed by atoms with Crippen molar-refractivity contribution in [1.82, 2.24) is 15.6 Å². The number of nitrogens with one attached hydrogen (secondary N) is 4. The summed E-state index contributed by atoms with van der Waals surface area (Å²) in [7, 11) is 0. The molecule has 0 aliphatic carbocycles. The number of hydrogen-bond acceptors (Lipinski definition) is 6. The number of carbonyl (C=O) groups is 4. The van der Waals surface area contributed by atoms with Crippen LogP contribution in [0.4, 0.5) is 5.00 Å². The molecule has 1 aliphatic rings. The highest BCUT2D eigenvalue weighted by atomic mass is 32.1. The number of carbonyl (C=O) groups excluding carboxylic acids is 2. The molecule has 0 bridgehead atoms. The second kappa shape index (κ2) is 8.20. The Morgan fingerprint density at radius 3 is 2.65 bits per heavy atom. The molecule has 160 valence electrons. The summed E-state index contributed by atoms with van der Waals surface area (Å²) in [6, 6.07) is 8.87. The van der Waals surface area contributed by atoms with Gasteiger partial charge >= 0.3 is 17.8 Å². The monoisotopic (exact) mass is 442 g/mol. The van der Waals surface area contributed by atoms with E-state index in [-0.39, 0.29) is 29.1 Å². The lowest BCUT2D eigenvalue weighted by Gasteiger charge is -2.24. The van der Waals surface area contributed by atoms with Gasteiger partial charge in [0, 0.05) is 22.3 Å². The van der Waals surface area contributed by atoms with Gasteiger partial charge in [0.05, 0.1) is 11.6 Å². The molecule has 0 saturated carbocycles. The van der Waals surface area contributed by atoms with Crippen LogP contribution in [0, 0.1) is 0 Å². The predicted molar refractivity (Wildman–Crippen MR) is 113 cm³/mol. The number of anilines is 1. The largest absolute Gasteiger partial charge is 0.478 e. The summed E-state index contributed by atoms with van der Waals surface area (Å²) < 4.78 is 0. The number of aromatic carboxylic acids is 1. The van der Waals surface area contributed by atoms with Gasteiger partial charge in [-0.25, -0.2) is 9.59 Å². The normalized spacial score (nSPS) is 15.3. The molecule has 11 heteroatoms. The van der Waals surface area contributed by atoms with Crippen LogP contribution in [0.15, 0.2) is 30.3 Å². The smallest absolute Gasteiger partial charge is 0.394 e. The molecular formula is C20H18N4O6S. The van der Waals surface area contributed by atoms with Crippen molar-refractivity contribution in [2.45, 2.75) is 12.5 Å². The van der Waals surface area contributed by atoms with Gasteiger partial charge < -0.3 is 31.1 Å². The number of hydrogen-bond donors (Lipinski definition) is 6. The number of aliphatic carboxylic acids is 1. The molecule has 0 radical (unpaired) electrons. The fourth-order valence-electron chi connectivity index (χ4n) is 3.60. The van der Waals surface area contributed by atoms with Gasteiger partial charge in [-0.05, 0) is 30.7 Å². The highest BCUT2D eigenvalue weighted by Gasteiger charge is 2.31. The summed E-state index contributed by atoms with van der Waals surface area (Å²) in [5, 5.41) is 27.5. The van der Waals surface area contributed by atoms with E-state index >= 15 is 0 Å². The van der Waals surface area contributed by atoms with Gasteiger partial charge in [0.25, 0.3) is 5.91 Å². The zero-order chi connectivity index (χ0) is 22.1. The summed E-state index contributed by atoms with van der Waals surface area (Å²) >= 11 is 0.998. The number of carboxylic acid groups (broad SMARTS) is 2. The second-order valence-electron chi connectivity index (χ2n) is 6.95. The molecule has 1 aromatic carbocycles. The van der Waals surface area contributed by atoms with Crippen molar-refractivity contribution in [3.63, 3.8) is 0 Å². The molecule has 1 aliphatic heterocycles. The van der Waals surface area contributed by atoms with E-state index < -0.39 is 17.8 Å². The second-order valence-corrected chi connectivity index (χ2v) is 8.00. The Labute approximate surface area is 179 Å². The van der Waals surface area contributed by atoms with Crippen LogP contribution in [-0.2, 0) is 16.0 Å². The molecule has 6 N–H and O–H groups in total. The molecule has 1 atom stereocenters. The van der Waals surface area contributed by atoms with Gasteiger partial charge in [-0.1, -0.05) is 18.2 Å². The molecular weight excluding hydrogens is 424 g/mol. The first-order valence-corrected chi connectivity index (χ1v) is 10.2. The maximum atomic E-state index is 12.6. The lowest BCUT2D eigenvalue weighted by atomic mass is 9.99. The highest BCUT2D eigenvalue weighted by Crippen LogP contribution is 2.39. The van der Waals surface area contributed by atoms with Crippen molar-refractivity contribution < 1.29 is 29.4 Å². The van der Waals surface area contributed by atoms with Gasteiger partial charge in [0.1, 0.15) is 10.7 Å². The van der Waals surface area contributed by atoms with E-state index in [2.05, 4.69) is 20.9 Å². The topological polar surface area (TPSA) is 161 Å². The number of fused-ring (bicyclic) bond motifs is 2. The standard InChI is InChI=1S/C20H18N4O6S/c25-16(12-7-9-3-1-2-4-11(9)23-12)22-8-13-15-10(5-6-21-13)14(19(27)28)18(31-15)24-17(26)20(29)30/h1-4,7,13,21,23H,5-6,8H2,(H,22,25)(H,24,26)(H,27,28)(H,29,30)/t13-/m0/s1.